The third-order valence-corrected chi connectivity index (χ3v) is 14.0. The molecule has 0 unspecified atom stereocenters. The summed E-state index contributed by atoms with van der Waals surface area (Å²) in [5.74, 6) is 0. The van der Waals surface area contributed by atoms with Crippen molar-refractivity contribution in [1.82, 2.24) is 4.57 Å². The van der Waals surface area contributed by atoms with Gasteiger partial charge in [-0.3, -0.25) is 0 Å². The molecule has 0 saturated heterocycles. The number of anilines is 3. The summed E-state index contributed by atoms with van der Waals surface area (Å²) < 4.78 is 9.39. The van der Waals surface area contributed by atoms with Crippen molar-refractivity contribution in [2.24, 2.45) is 0 Å². The van der Waals surface area contributed by atoms with Crippen LogP contribution in [0.5, 0.6) is 0 Å². The number of benzene rings is 10. The molecule has 2 heterocycles. The first kappa shape index (κ1) is 38.1. The fourth-order valence-corrected chi connectivity index (χ4v) is 10.8. The van der Waals surface area contributed by atoms with Crippen molar-refractivity contribution in [3.63, 3.8) is 0 Å². The van der Waals surface area contributed by atoms with Crippen LogP contribution >= 0.6 is 0 Å². The van der Waals surface area contributed by atoms with Crippen LogP contribution in [0.3, 0.4) is 0 Å². The van der Waals surface area contributed by atoms with Crippen molar-refractivity contribution >= 4 is 60.8 Å². The SMILES string of the molecule is CC1(C)c2ccccc2-c2ccc(N(c3ccc(-c4ccccc4)cc3)c3ccc(-c4cc5c6ccccc6n(-c6cccc(-c7ccccc7)c6)c5c5c4oc4ccccc45)cc3)cc21. The Balaban J connectivity index is 0.986. The van der Waals surface area contributed by atoms with Gasteiger partial charge in [-0.1, -0.05) is 178 Å². The lowest BCUT2D eigenvalue weighted by Gasteiger charge is -2.28. The second-order valence-electron chi connectivity index (χ2n) is 18.1. The monoisotopic (exact) mass is 844 g/mol. The van der Waals surface area contributed by atoms with Crippen LogP contribution in [0.2, 0.25) is 0 Å². The van der Waals surface area contributed by atoms with Gasteiger partial charge in [-0.15, -0.1) is 0 Å². The van der Waals surface area contributed by atoms with Gasteiger partial charge in [0, 0.05) is 49.9 Å². The standard InChI is InChI=1S/C63H44N2O/c1-63(2)56-25-12-9-22-50(56)51-37-36-49(39-57(51)63)64(46-32-28-43(29-33-46)41-16-5-3-6-17-41)47-34-30-44(31-35-47)54-40-55-52-23-10-13-26-58(52)65(48-21-15-20-45(38-48)42-18-7-4-8-19-42)61(55)60-53-24-11-14-27-59(53)66-62(54)60/h3-40H,1-2H3. The van der Waals surface area contributed by atoms with Crippen LogP contribution in [-0.4, -0.2) is 4.57 Å². The van der Waals surface area contributed by atoms with Gasteiger partial charge in [0.05, 0.1) is 16.4 Å². The molecule has 1 aliphatic carbocycles. The number of furan rings is 1. The second kappa shape index (κ2) is 14.8. The summed E-state index contributed by atoms with van der Waals surface area (Å²) in [6.45, 7) is 4.70. The molecule has 13 rings (SSSR count). The Bertz CT molecular complexity index is 3820. The lowest BCUT2D eigenvalue weighted by molar-refractivity contribution is 0.660. The first-order valence-electron chi connectivity index (χ1n) is 22.8. The number of nitrogens with zero attached hydrogens (tertiary/aromatic N) is 2. The molecule has 0 N–H and O–H groups in total. The number of fused-ring (bicyclic) bond motifs is 10. The third-order valence-electron chi connectivity index (χ3n) is 14.0. The molecule has 0 atom stereocenters. The van der Waals surface area contributed by atoms with Gasteiger partial charge in [0.2, 0.25) is 0 Å². The van der Waals surface area contributed by atoms with E-state index in [-0.39, 0.29) is 5.41 Å². The summed E-state index contributed by atoms with van der Waals surface area (Å²) in [6, 6.07) is 83.7. The minimum Gasteiger partial charge on any atom is -0.455 e. The Morgan fingerprint density at radius 2 is 0.970 bits per heavy atom. The molecular formula is C63H44N2O. The zero-order chi connectivity index (χ0) is 43.9. The highest BCUT2D eigenvalue weighted by Crippen LogP contribution is 2.51. The van der Waals surface area contributed by atoms with Crippen LogP contribution < -0.4 is 4.90 Å². The second-order valence-corrected chi connectivity index (χ2v) is 18.1. The smallest absolute Gasteiger partial charge is 0.145 e. The van der Waals surface area contributed by atoms with Crippen molar-refractivity contribution in [3.05, 3.63) is 242 Å². The van der Waals surface area contributed by atoms with Crippen molar-refractivity contribution in [1.29, 1.82) is 0 Å². The topological polar surface area (TPSA) is 21.3 Å². The van der Waals surface area contributed by atoms with Crippen molar-refractivity contribution < 1.29 is 4.42 Å². The molecule has 0 aliphatic heterocycles. The summed E-state index contributed by atoms with van der Waals surface area (Å²) in [7, 11) is 0. The molecule has 0 radical (unpaired) electrons. The molecule has 0 bridgehead atoms. The average Bonchev–Trinajstić information content (AvgIpc) is 4.00. The highest BCUT2D eigenvalue weighted by Gasteiger charge is 2.36. The van der Waals surface area contributed by atoms with E-state index in [9.17, 15) is 0 Å². The normalized spacial score (nSPS) is 12.8. The Kier molecular flexibility index (Phi) is 8.56. The maximum absolute atomic E-state index is 6.96. The predicted molar refractivity (Wildman–Crippen MR) is 277 cm³/mol. The van der Waals surface area contributed by atoms with Gasteiger partial charge in [-0.05, 0) is 117 Å². The molecule has 0 fully saturated rings. The Labute approximate surface area is 384 Å². The van der Waals surface area contributed by atoms with E-state index in [0.717, 1.165) is 66.8 Å². The number of hydrogen-bond donors (Lipinski definition) is 0. The van der Waals surface area contributed by atoms with Crippen LogP contribution in [0.25, 0.3) is 93.9 Å². The minimum atomic E-state index is -0.126. The number of aromatic nitrogens is 1. The fraction of sp³-hybridized carbons (Fsp3) is 0.0476. The third kappa shape index (κ3) is 5.90. The van der Waals surface area contributed by atoms with Gasteiger partial charge < -0.3 is 13.9 Å². The summed E-state index contributed by atoms with van der Waals surface area (Å²) in [4.78, 5) is 2.40. The van der Waals surface area contributed by atoms with Gasteiger partial charge >= 0.3 is 0 Å². The largest absolute Gasteiger partial charge is 0.455 e. The van der Waals surface area contributed by atoms with Crippen LogP contribution in [0.15, 0.2) is 235 Å². The lowest BCUT2D eigenvalue weighted by Crippen LogP contribution is -2.16. The Morgan fingerprint density at radius 1 is 0.394 bits per heavy atom. The Hall–Kier alpha value is -8.40. The summed E-state index contributed by atoms with van der Waals surface area (Å²) >= 11 is 0. The first-order valence-corrected chi connectivity index (χ1v) is 22.8. The summed E-state index contributed by atoms with van der Waals surface area (Å²) in [6.07, 6.45) is 0. The first-order chi connectivity index (χ1) is 32.5. The van der Waals surface area contributed by atoms with Crippen molar-refractivity contribution in [2.75, 3.05) is 4.90 Å². The Morgan fingerprint density at radius 3 is 1.73 bits per heavy atom. The predicted octanol–water partition coefficient (Wildman–Crippen LogP) is 17.5. The quantitative estimate of drug-likeness (QED) is 0.159. The van der Waals surface area contributed by atoms with Gasteiger partial charge in [-0.2, -0.15) is 0 Å². The zero-order valence-corrected chi connectivity index (χ0v) is 36.7. The van der Waals surface area contributed by atoms with E-state index in [4.69, 9.17) is 4.42 Å². The van der Waals surface area contributed by atoms with E-state index in [0.29, 0.717) is 0 Å². The van der Waals surface area contributed by atoms with Crippen molar-refractivity contribution in [3.8, 4) is 50.2 Å². The van der Waals surface area contributed by atoms with E-state index in [1.54, 1.807) is 0 Å². The summed E-state index contributed by atoms with van der Waals surface area (Å²) in [5, 5.41) is 4.61. The lowest BCUT2D eigenvalue weighted by atomic mass is 9.82. The molecule has 312 valence electrons. The fourth-order valence-electron chi connectivity index (χ4n) is 10.8. The highest BCUT2D eigenvalue weighted by atomic mass is 16.3. The minimum absolute atomic E-state index is 0.126. The molecule has 2 aromatic heterocycles. The maximum atomic E-state index is 6.96. The molecule has 12 aromatic rings. The van der Waals surface area contributed by atoms with Gasteiger partial charge in [0.15, 0.2) is 0 Å². The molecule has 3 nitrogen and oxygen atoms in total. The molecule has 1 aliphatic rings. The molecule has 0 saturated carbocycles. The van der Waals surface area contributed by atoms with Crippen molar-refractivity contribution in [2.45, 2.75) is 19.3 Å². The van der Waals surface area contributed by atoms with E-state index < -0.39 is 0 Å². The number of para-hydroxylation sites is 2. The van der Waals surface area contributed by atoms with E-state index in [2.05, 4.69) is 254 Å². The number of hydrogen-bond acceptors (Lipinski definition) is 2. The molecule has 0 amide bonds. The highest BCUT2D eigenvalue weighted by molar-refractivity contribution is 6.27. The van der Waals surface area contributed by atoms with Gasteiger partial charge in [0.1, 0.15) is 11.2 Å². The maximum Gasteiger partial charge on any atom is 0.145 e. The van der Waals surface area contributed by atoms with Crippen LogP contribution in [0, 0.1) is 0 Å². The van der Waals surface area contributed by atoms with Crippen LogP contribution in [0.4, 0.5) is 17.1 Å². The molecule has 0 spiro atoms. The molecule has 10 aromatic carbocycles. The molecular weight excluding hydrogens is 801 g/mol. The van der Waals surface area contributed by atoms with E-state index in [1.165, 1.54) is 55.3 Å². The molecule has 3 heteroatoms. The number of rotatable bonds is 7. The van der Waals surface area contributed by atoms with Crippen LogP contribution in [-0.2, 0) is 5.41 Å². The average molecular weight is 845 g/mol. The summed E-state index contributed by atoms with van der Waals surface area (Å²) in [5.41, 5.74) is 20.6. The van der Waals surface area contributed by atoms with Gasteiger partial charge in [0.25, 0.3) is 0 Å². The molecule has 66 heavy (non-hydrogen) atoms. The van der Waals surface area contributed by atoms with E-state index >= 15 is 0 Å². The van der Waals surface area contributed by atoms with Gasteiger partial charge in [-0.25, -0.2) is 0 Å². The zero-order valence-electron chi connectivity index (χ0n) is 36.7. The van der Waals surface area contributed by atoms with E-state index in [1.807, 2.05) is 0 Å². The van der Waals surface area contributed by atoms with Crippen LogP contribution in [0.1, 0.15) is 25.0 Å².